The molecule has 0 unspecified atom stereocenters. The molecular weight excluding hydrogens is 365 g/mol. The predicted octanol–water partition coefficient (Wildman–Crippen LogP) is 2.26. The van der Waals surface area contributed by atoms with Crippen LogP contribution in [0.25, 0.3) is 0 Å². The summed E-state index contributed by atoms with van der Waals surface area (Å²) in [6, 6.07) is 7.24. The fraction of sp³-hybridized carbons (Fsp3) is 0.125. The van der Waals surface area contributed by atoms with Gasteiger partial charge in [-0.3, -0.25) is 14.2 Å². The summed E-state index contributed by atoms with van der Waals surface area (Å²) in [4.78, 5) is 22.8. The summed E-state index contributed by atoms with van der Waals surface area (Å²) in [5.74, 6) is -1.79. The van der Waals surface area contributed by atoms with E-state index < -0.39 is 11.9 Å². The molecule has 0 radical (unpaired) electrons. The van der Waals surface area contributed by atoms with Crippen molar-refractivity contribution in [2.75, 3.05) is 5.32 Å². The first-order valence-electron chi connectivity index (χ1n) is 7.45. The van der Waals surface area contributed by atoms with Crippen molar-refractivity contribution in [2.24, 2.45) is 0 Å². The third-order valence-corrected chi connectivity index (χ3v) is 3.67. The highest BCUT2D eigenvalue weighted by Crippen LogP contribution is 2.20. The number of carbonyl (C=O) groups is 2. The molecule has 0 atom stereocenters. The summed E-state index contributed by atoms with van der Waals surface area (Å²) in [7, 11) is 0. The maximum atomic E-state index is 12.9. The van der Waals surface area contributed by atoms with Crippen molar-refractivity contribution in [1.82, 2.24) is 19.6 Å². The minimum atomic E-state index is -1.17. The first-order chi connectivity index (χ1) is 12.4. The molecule has 8 nitrogen and oxygen atoms in total. The Morgan fingerprint density at radius 1 is 1.15 bits per heavy atom. The van der Waals surface area contributed by atoms with Gasteiger partial charge in [0.25, 0.3) is 0 Å². The predicted molar refractivity (Wildman–Crippen MR) is 90.6 cm³/mol. The van der Waals surface area contributed by atoms with E-state index in [1.165, 1.54) is 40.0 Å². The zero-order valence-electron chi connectivity index (χ0n) is 13.3. The number of amides is 1. The van der Waals surface area contributed by atoms with Gasteiger partial charge in [0.05, 0.1) is 6.54 Å². The number of nitrogens with one attached hydrogen (secondary N) is 1. The lowest BCUT2D eigenvalue weighted by Crippen LogP contribution is -2.20. The second-order valence-electron chi connectivity index (χ2n) is 5.40. The molecule has 0 saturated heterocycles. The summed E-state index contributed by atoms with van der Waals surface area (Å²) in [5.41, 5.74) is 0.667. The zero-order chi connectivity index (χ0) is 18.7. The standard InChI is InChI=1S/C16H13ClFN5O3/c17-12-8-23(7-10-1-3-11(18)4-2-10)21-15(12)19-14(24)9-22-6-5-13(20-22)16(25)26/h1-6,8H,7,9H2,(H,25,26)(H,19,21,24). The van der Waals surface area contributed by atoms with Gasteiger partial charge in [-0.05, 0) is 23.8 Å². The van der Waals surface area contributed by atoms with E-state index in [2.05, 4.69) is 15.5 Å². The number of nitrogens with zero attached hydrogens (tertiary/aromatic N) is 4. The second-order valence-corrected chi connectivity index (χ2v) is 5.81. The van der Waals surface area contributed by atoms with Gasteiger partial charge < -0.3 is 10.4 Å². The molecule has 0 aliphatic heterocycles. The Balaban J connectivity index is 1.63. The van der Waals surface area contributed by atoms with Crippen molar-refractivity contribution in [3.63, 3.8) is 0 Å². The molecule has 3 aromatic rings. The number of benzene rings is 1. The number of hydrogen-bond acceptors (Lipinski definition) is 4. The van der Waals surface area contributed by atoms with Crippen molar-refractivity contribution >= 4 is 29.3 Å². The third kappa shape index (κ3) is 4.25. The number of aromatic nitrogens is 4. The molecule has 0 aliphatic rings. The maximum absolute atomic E-state index is 12.9. The van der Waals surface area contributed by atoms with Crippen molar-refractivity contribution in [2.45, 2.75) is 13.1 Å². The largest absolute Gasteiger partial charge is 0.476 e. The lowest BCUT2D eigenvalue weighted by molar-refractivity contribution is -0.116. The van der Waals surface area contributed by atoms with E-state index in [0.29, 0.717) is 6.54 Å². The Bertz CT molecular complexity index is 951. The van der Waals surface area contributed by atoms with Crippen LogP contribution in [0.15, 0.2) is 42.7 Å². The lowest BCUT2D eigenvalue weighted by Gasteiger charge is -2.03. The average molecular weight is 378 g/mol. The van der Waals surface area contributed by atoms with E-state index in [4.69, 9.17) is 16.7 Å². The Labute approximate surface area is 151 Å². The zero-order valence-corrected chi connectivity index (χ0v) is 14.0. The van der Waals surface area contributed by atoms with Gasteiger partial charge in [0.15, 0.2) is 11.5 Å². The van der Waals surface area contributed by atoms with E-state index in [-0.39, 0.29) is 28.9 Å². The van der Waals surface area contributed by atoms with E-state index >= 15 is 0 Å². The molecular formula is C16H13ClFN5O3. The number of anilines is 1. The van der Waals surface area contributed by atoms with Crippen LogP contribution in [0, 0.1) is 5.82 Å². The van der Waals surface area contributed by atoms with Crippen LogP contribution in [0.5, 0.6) is 0 Å². The van der Waals surface area contributed by atoms with Crippen LogP contribution in [0.4, 0.5) is 10.2 Å². The molecule has 3 rings (SSSR count). The summed E-state index contributed by atoms with van der Waals surface area (Å²) in [6.45, 7) is 0.172. The van der Waals surface area contributed by atoms with Gasteiger partial charge in [0.1, 0.15) is 17.4 Å². The number of carboxylic acids is 1. The highest BCUT2D eigenvalue weighted by atomic mass is 35.5. The van der Waals surface area contributed by atoms with Gasteiger partial charge in [0.2, 0.25) is 5.91 Å². The number of carbonyl (C=O) groups excluding carboxylic acids is 1. The summed E-state index contributed by atoms with van der Waals surface area (Å²) < 4.78 is 15.6. The number of rotatable bonds is 6. The molecule has 1 aromatic carbocycles. The van der Waals surface area contributed by atoms with Crippen molar-refractivity contribution in [3.8, 4) is 0 Å². The number of hydrogen-bond donors (Lipinski definition) is 2. The maximum Gasteiger partial charge on any atom is 0.356 e. The SMILES string of the molecule is O=C(Cn1ccc(C(=O)O)n1)Nc1nn(Cc2ccc(F)cc2)cc1Cl. The molecule has 2 heterocycles. The Morgan fingerprint density at radius 2 is 1.88 bits per heavy atom. The van der Waals surface area contributed by atoms with Gasteiger partial charge in [-0.25, -0.2) is 9.18 Å². The van der Waals surface area contributed by atoms with Crippen LogP contribution in [0.1, 0.15) is 16.1 Å². The van der Waals surface area contributed by atoms with Crippen LogP contribution in [0.2, 0.25) is 5.02 Å². The van der Waals surface area contributed by atoms with Gasteiger partial charge >= 0.3 is 5.97 Å². The van der Waals surface area contributed by atoms with E-state index in [9.17, 15) is 14.0 Å². The normalized spacial score (nSPS) is 10.7. The minimum Gasteiger partial charge on any atom is -0.476 e. The van der Waals surface area contributed by atoms with Crippen LogP contribution in [0.3, 0.4) is 0 Å². The molecule has 2 N–H and O–H groups in total. The van der Waals surface area contributed by atoms with Crippen molar-refractivity contribution < 1.29 is 19.1 Å². The molecule has 1 amide bonds. The smallest absolute Gasteiger partial charge is 0.356 e. The average Bonchev–Trinajstić information content (AvgIpc) is 3.17. The highest BCUT2D eigenvalue weighted by molar-refractivity contribution is 6.33. The highest BCUT2D eigenvalue weighted by Gasteiger charge is 2.13. The molecule has 0 aliphatic carbocycles. The monoisotopic (exact) mass is 377 g/mol. The molecule has 10 heteroatoms. The van der Waals surface area contributed by atoms with E-state index in [0.717, 1.165) is 5.56 Å². The fourth-order valence-corrected chi connectivity index (χ4v) is 2.42. The number of halogens is 2. The van der Waals surface area contributed by atoms with Crippen LogP contribution < -0.4 is 5.32 Å². The second kappa shape index (κ2) is 7.36. The molecule has 0 spiro atoms. The van der Waals surface area contributed by atoms with Crippen LogP contribution in [-0.2, 0) is 17.9 Å². The van der Waals surface area contributed by atoms with Crippen LogP contribution >= 0.6 is 11.6 Å². The number of carboxylic acid groups (broad SMARTS) is 1. The van der Waals surface area contributed by atoms with Gasteiger partial charge in [-0.2, -0.15) is 10.2 Å². The minimum absolute atomic E-state index is 0.153. The molecule has 0 fully saturated rings. The Morgan fingerprint density at radius 3 is 2.54 bits per heavy atom. The summed E-state index contributed by atoms with van der Waals surface area (Å²) in [6.07, 6.45) is 2.93. The topological polar surface area (TPSA) is 102 Å². The molecule has 0 bridgehead atoms. The first-order valence-corrected chi connectivity index (χ1v) is 7.82. The van der Waals surface area contributed by atoms with E-state index in [1.807, 2.05) is 0 Å². The summed E-state index contributed by atoms with van der Waals surface area (Å²) in [5, 5.41) is 19.5. The van der Waals surface area contributed by atoms with Gasteiger partial charge in [0, 0.05) is 12.4 Å². The van der Waals surface area contributed by atoms with Gasteiger partial charge in [-0.15, -0.1) is 0 Å². The summed E-state index contributed by atoms with van der Waals surface area (Å²) >= 11 is 6.07. The molecule has 134 valence electrons. The van der Waals surface area contributed by atoms with Crippen molar-refractivity contribution in [1.29, 1.82) is 0 Å². The first kappa shape index (κ1) is 17.6. The Hall–Kier alpha value is -3.20. The van der Waals surface area contributed by atoms with Crippen LogP contribution in [-0.4, -0.2) is 36.5 Å². The third-order valence-electron chi connectivity index (χ3n) is 3.40. The molecule has 26 heavy (non-hydrogen) atoms. The quantitative estimate of drug-likeness (QED) is 0.686. The molecule has 2 aromatic heterocycles. The Kier molecular flexibility index (Phi) is 4.99. The fourth-order valence-electron chi connectivity index (χ4n) is 2.22. The van der Waals surface area contributed by atoms with E-state index in [1.54, 1.807) is 12.1 Å². The molecule has 0 saturated carbocycles. The van der Waals surface area contributed by atoms with Crippen molar-refractivity contribution in [3.05, 3.63) is 64.8 Å². The lowest BCUT2D eigenvalue weighted by atomic mass is 10.2. The van der Waals surface area contributed by atoms with Gasteiger partial charge in [-0.1, -0.05) is 23.7 Å². The number of aromatic carboxylic acids is 1.